The standard InChI is InChI=1S/C17H31NO/c1-4-6-8-11-16(12-9-7-5-2)18-15(3)17-13-10-14-19-17/h10,13-16,18H,4-9,11-12H2,1-3H3/t15-/m1/s1. The Hall–Kier alpha value is -0.760. The Balaban J connectivity index is 2.37. The second-order valence-corrected chi connectivity index (χ2v) is 5.59. The lowest BCUT2D eigenvalue weighted by Crippen LogP contribution is -2.31. The molecule has 0 unspecified atom stereocenters. The Morgan fingerprint density at radius 2 is 1.68 bits per heavy atom. The highest BCUT2D eigenvalue weighted by Crippen LogP contribution is 2.18. The van der Waals surface area contributed by atoms with E-state index in [0.29, 0.717) is 12.1 Å². The highest BCUT2D eigenvalue weighted by atomic mass is 16.3. The Bertz CT molecular complexity index is 284. The molecule has 0 bridgehead atoms. The number of unbranched alkanes of at least 4 members (excludes halogenated alkanes) is 4. The third-order valence-electron chi connectivity index (χ3n) is 3.77. The summed E-state index contributed by atoms with van der Waals surface area (Å²) in [6.45, 7) is 6.74. The van der Waals surface area contributed by atoms with Gasteiger partial charge in [-0.3, -0.25) is 0 Å². The molecule has 1 rings (SSSR count). The maximum atomic E-state index is 5.48. The highest BCUT2D eigenvalue weighted by Gasteiger charge is 2.14. The van der Waals surface area contributed by atoms with Gasteiger partial charge in [0.1, 0.15) is 5.76 Å². The molecular weight excluding hydrogens is 234 g/mol. The van der Waals surface area contributed by atoms with Crippen molar-refractivity contribution in [3.8, 4) is 0 Å². The van der Waals surface area contributed by atoms with Gasteiger partial charge < -0.3 is 9.73 Å². The van der Waals surface area contributed by atoms with Gasteiger partial charge in [0.2, 0.25) is 0 Å². The summed E-state index contributed by atoms with van der Waals surface area (Å²) >= 11 is 0. The highest BCUT2D eigenvalue weighted by molar-refractivity contribution is 5.03. The minimum Gasteiger partial charge on any atom is -0.468 e. The van der Waals surface area contributed by atoms with Crippen LogP contribution in [0.3, 0.4) is 0 Å². The third kappa shape index (κ3) is 6.81. The summed E-state index contributed by atoms with van der Waals surface area (Å²) in [5.74, 6) is 1.05. The molecule has 1 heterocycles. The van der Waals surface area contributed by atoms with E-state index in [1.54, 1.807) is 6.26 Å². The molecule has 0 spiro atoms. The molecule has 1 atom stereocenters. The lowest BCUT2D eigenvalue weighted by atomic mass is 10.0. The summed E-state index contributed by atoms with van der Waals surface area (Å²) in [7, 11) is 0. The van der Waals surface area contributed by atoms with Crippen LogP contribution in [-0.2, 0) is 0 Å². The van der Waals surface area contributed by atoms with Crippen molar-refractivity contribution in [2.75, 3.05) is 0 Å². The van der Waals surface area contributed by atoms with E-state index in [-0.39, 0.29) is 0 Å². The van der Waals surface area contributed by atoms with E-state index in [4.69, 9.17) is 4.42 Å². The summed E-state index contributed by atoms with van der Waals surface area (Å²) in [5.41, 5.74) is 0. The fourth-order valence-corrected chi connectivity index (χ4v) is 2.57. The molecule has 0 amide bonds. The van der Waals surface area contributed by atoms with Crippen LogP contribution in [-0.4, -0.2) is 6.04 Å². The van der Waals surface area contributed by atoms with E-state index in [1.165, 1.54) is 51.4 Å². The summed E-state index contributed by atoms with van der Waals surface area (Å²) in [6, 6.07) is 4.99. The van der Waals surface area contributed by atoms with Crippen LogP contribution in [0.1, 0.15) is 83.9 Å². The molecule has 1 N–H and O–H groups in total. The van der Waals surface area contributed by atoms with Gasteiger partial charge in [-0.25, -0.2) is 0 Å². The van der Waals surface area contributed by atoms with Crippen LogP contribution in [0.2, 0.25) is 0 Å². The predicted octanol–water partition coefficient (Wildman–Crippen LogP) is 5.46. The number of nitrogens with one attached hydrogen (secondary N) is 1. The molecule has 2 nitrogen and oxygen atoms in total. The number of hydrogen-bond acceptors (Lipinski definition) is 2. The van der Waals surface area contributed by atoms with Gasteiger partial charge in [-0.15, -0.1) is 0 Å². The Kier molecular flexibility index (Phi) is 8.64. The van der Waals surface area contributed by atoms with Crippen LogP contribution in [0.15, 0.2) is 22.8 Å². The first-order valence-electron chi connectivity index (χ1n) is 8.07. The first-order valence-corrected chi connectivity index (χ1v) is 8.07. The molecule has 0 saturated heterocycles. The minimum atomic E-state index is 0.322. The Morgan fingerprint density at radius 1 is 1.05 bits per heavy atom. The normalized spacial score (nSPS) is 13.1. The van der Waals surface area contributed by atoms with Gasteiger partial charge in [0, 0.05) is 6.04 Å². The summed E-state index contributed by atoms with van der Waals surface area (Å²) < 4.78 is 5.48. The quantitative estimate of drug-likeness (QED) is 0.537. The number of hydrogen-bond donors (Lipinski definition) is 1. The zero-order valence-corrected chi connectivity index (χ0v) is 13.0. The maximum absolute atomic E-state index is 5.48. The van der Waals surface area contributed by atoms with Crippen molar-refractivity contribution in [2.24, 2.45) is 0 Å². The number of furan rings is 1. The van der Waals surface area contributed by atoms with Gasteiger partial charge in [-0.1, -0.05) is 52.4 Å². The van der Waals surface area contributed by atoms with Crippen molar-refractivity contribution in [2.45, 2.75) is 84.2 Å². The molecule has 0 fully saturated rings. The molecule has 0 aliphatic heterocycles. The van der Waals surface area contributed by atoms with Crippen molar-refractivity contribution >= 4 is 0 Å². The van der Waals surface area contributed by atoms with E-state index in [1.807, 2.05) is 6.07 Å². The largest absolute Gasteiger partial charge is 0.468 e. The molecule has 19 heavy (non-hydrogen) atoms. The van der Waals surface area contributed by atoms with E-state index >= 15 is 0 Å². The zero-order chi connectivity index (χ0) is 13.9. The van der Waals surface area contributed by atoms with Crippen LogP contribution in [0.25, 0.3) is 0 Å². The summed E-state index contributed by atoms with van der Waals surface area (Å²) in [6.07, 6.45) is 12.3. The lowest BCUT2D eigenvalue weighted by Gasteiger charge is -2.22. The smallest absolute Gasteiger partial charge is 0.120 e. The van der Waals surface area contributed by atoms with Crippen LogP contribution in [0.4, 0.5) is 0 Å². The summed E-state index contributed by atoms with van der Waals surface area (Å²) in [5, 5.41) is 3.74. The fourth-order valence-electron chi connectivity index (χ4n) is 2.57. The second kappa shape index (κ2) is 10.1. The summed E-state index contributed by atoms with van der Waals surface area (Å²) in [4.78, 5) is 0. The fraction of sp³-hybridized carbons (Fsp3) is 0.765. The molecule has 1 aromatic rings. The zero-order valence-electron chi connectivity index (χ0n) is 13.0. The first-order chi connectivity index (χ1) is 9.27. The van der Waals surface area contributed by atoms with Crippen molar-refractivity contribution in [3.63, 3.8) is 0 Å². The van der Waals surface area contributed by atoms with Crippen molar-refractivity contribution in [3.05, 3.63) is 24.2 Å². The van der Waals surface area contributed by atoms with Crippen LogP contribution in [0.5, 0.6) is 0 Å². The third-order valence-corrected chi connectivity index (χ3v) is 3.77. The van der Waals surface area contributed by atoms with Gasteiger partial charge >= 0.3 is 0 Å². The van der Waals surface area contributed by atoms with Gasteiger partial charge in [0.05, 0.1) is 12.3 Å². The average molecular weight is 265 g/mol. The van der Waals surface area contributed by atoms with Crippen LogP contribution >= 0.6 is 0 Å². The molecule has 0 radical (unpaired) electrons. The lowest BCUT2D eigenvalue weighted by molar-refractivity contribution is 0.349. The predicted molar refractivity (Wildman–Crippen MR) is 82.3 cm³/mol. The molecule has 0 aliphatic carbocycles. The van der Waals surface area contributed by atoms with E-state index < -0.39 is 0 Å². The van der Waals surface area contributed by atoms with E-state index in [2.05, 4.69) is 32.2 Å². The van der Waals surface area contributed by atoms with Gasteiger partial charge in [0.15, 0.2) is 0 Å². The van der Waals surface area contributed by atoms with Crippen LogP contribution < -0.4 is 5.32 Å². The molecule has 0 aliphatic rings. The SMILES string of the molecule is CCCCCC(CCCCC)N[C@H](C)c1ccco1. The average Bonchev–Trinajstić information content (AvgIpc) is 2.93. The van der Waals surface area contributed by atoms with Crippen LogP contribution in [0, 0.1) is 0 Å². The maximum Gasteiger partial charge on any atom is 0.120 e. The molecule has 1 aromatic heterocycles. The molecule has 110 valence electrons. The van der Waals surface area contributed by atoms with Gasteiger partial charge in [-0.05, 0) is 31.9 Å². The topological polar surface area (TPSA) is 25.2 Å². The van der Waals surface area contributed by atoms with Gasteiger partial charge in [0.25, 0.3) is 0 Å². The van der Waals surface area contributed by atoms with E-state index in [9.17, 15) is 0 Å². The molecule has 2 heteroatoms. The second-order valence-electron chi connectivity index (χ2n) is 5.59. The van der Waals surface area contributed by atoms with E-state index in [0.717, 1.165) is 5.76 Å². The minimum absolute atomic E-state index is 0.322. The molecule has 0 saturated carbocycles. The Morgan fingerprint density at radius 3 is 2.16 bits per heavy atom. The molecule has 0 aromatic carbocycles. The number of rotatable bonds is 11. The van der Waals surface area contributed by atoms with Crippen molar-refractivity contribution in [1.29, 1.82) is 0 Å². The Labute approximate surface area is 119 Å². The first kappa shape index (κ1) is 16.3. The van der Waals surface area contributed by atoms with Gasteiger partial charge in [-0.2, -0.15) is 0 Å². The van der Waals surface area contributed by atoms with Crippen molar-refractivity contribution in [1.82, 2.24) is 5.32 Å². The molecular formula is C17H31NO. The monoisotopic (exact) mass is 265 g/mol. The van der Waals surface area contributed by atoms with Crippen molar-refractivity contribution < 1.29 is 4.42 Å².